The lowest BCUT2D eigenvalue weighted by Gasteiger charge is -2.18. The number of hydrogen-bond donors (Lipinski definition) is 4. The van der Waals surface area contributed by atoms with E-state index < -0.39 is 23.7 Å². The predicted octanol–water partition coefficient (Wildman–Crippen LogP) is 2.16. The van der Waals surface area contributed by atoms with Crippen LogP contribution in [0.2, 0.25) is 0 Å². The number of thiophene rings is 1. The standard InChI is InChI=1S/C25H24FN5O5S/c1-14-21(23(34)31-19(24(35)36-3)13-28-22(33)20-7-5-9-37-20)15(2)30-25(29-14)27-8-4-6-16-10-17(26)12-18(32)11-16/h5,7,9-12,19,32H,8,13H2,1-3H3,(H,28,33)(H,31,34)(H,27,29,30)/t19-/m0/s1. The van der Waals surface area contributed by atoms with Crippen LogP contribution in [0, 0.1) is 31.5 Å². The molecule has 0 saturated carbocycles. The van der Waals surface area contributed by atoms with Gasteiger partial charge in [0.25, 0.3) is 11.8 Å². The van der Waals surface area contributed by atoms with E-state index in [1.807, 2.05) is 0 Å². The summed E-state index contributed by atoms with van der Waals surface area (Å²) in [4.78, 5) is 46.4. The van der Waals surface area contributed by atoms with Gasteiger partial charge in [0.05, 0.1) is 35.5 Å². The number of phenols is 1. The van der Waals surface area contributed by atoms with Crippen molar-refractivity contribution < 1.29 is 28.6 Å². The molecule has 0 aliphatic heterocycles. The topological polar surface area (TPSA) is 143 Å². The third kappa shape index (κ3) is 7.49. The Kier molecular flexibility index (Phi) is 9.12. The Morgan fingerprint density at radius 3 is 2.51 bits per heavy atom. The number of aromatic nitrogens is 2. The summed E-state index contributed by atoms with van der Waals surface area (Å²) < 4.78 is 18.1. The van der Waals surface area contributed by atoms with E-state index in [2.05, 4.69) is 37.8 Å². The van der Waals surface area contributed by atoms with Gasteiger partial charge in [-0.3, -0.25) is 9.59 Å². The van der Waals surface area contributed by atoms with Crippen molar-refractivity contribution in [2.75, 3.05) is 25.5 Å². The highest BCUT2D eigenvalue weighted by Crippen LogP contribution is 2.15. The average molecular weight is 526 g/mol. The molecule has 0 fully saturated rings. The van der Waals surface area contributed by atoms with Crippen molar-refractivity contribution >= 4 is 35.1 Å². The van der Waals surface area contributed by atoms with Gasteiger partial charge in [0.2, 0.25) is 5.95 Å². The predicted molar refractivity (Wildman–Crippen MR) is 135 cm³/mol. The fourth-order valence-corrected chi connectivity index (χ4v) is 3.94. The maximum absolute atomic E-state index is 13.3. The number of aromatic hydroxyl groups is 1. The number of anilines is 1. The minimum atomic E-state index is -1.13. The minimum absolute atomic E-state index is 0.121. The Bertz CT molecular complexity index is 1320. The van der Waals surface area contributed by atoms with E-state index in [0.29, 0.717) is 21.8 Å². The smallest absolute Gasteiger partial charge is 0.330 e. The Labute approximate surface area is 216 Å². The van der Waals surface area contributed by atoms with Crippen molar-refractivity contribution in [3.8, 4) is 17.6 Å². The van der Waals surface area contributed by atoms with Crippen LogP contribution in [0.5, 0.6) is 5.75 Å². The van der Waals surface area contributed by atoms with Crippen molar-refractivity contribution in [1.82, 2.24) is 20.6 Å². The molecule has 1 atom stereocenters. The van der Waals surface area contributed by atoms with Crippen molar-refractivity contribution in [2.24, 2.45) is 0 Å². The average Bonchev–Trinajstić information content (AvgIpc) is 3.38. The SMILES string of the molecule is COC(=O)[C@H](CNC(=O)c1cccs1)NC(=O)c1c(C)nc(NCC#Cc2cc(O)cc(F)c2)nc1C. The fourth-order valence-electron chi connectivity index (χ4n) is 3.30. The number of phenolic OH excluding ortho intramolecular Hbond substituents is 1. The molecule has 192 valence electrons. The molecule has 0 aliphatic rings. The van der Waals surface area contributed by atoms with E-state index in [1.165, 1.54) is 30.6 Å². The quantitative estimate of drug-likeness (QED) is 0.259. The van der Waals surface area contributed by atoms with Gasteiger partial charge in [-0.05, 0) is 37.4 Å². The van der Waals surface area contributed by atoms with Gasteiger partial charge in [-0.25, -0.2) is 19.2 Å². The normalized spacial score (nSPS) is 11.0. The van der Waals surface area contributed by atoms with E-state index in [4.69, 9.17) is 4.74 Å². The molecule has 10 nitrogen and oxygen atoms in total. The third-order valence-corrected chi connectivity index (χ3v) is 5.82. The molecule has 0 bridgehead atoms. The lowest BCUT2D eigenvalue weighted by atomic mass is 10.1. The van der Waals surface area contributed by atoms with E-state index in [1.54, 1.807) is 31.4 Å². The van der Waals surface area contributed by atoms with Crippen LogP contribution in [0.1, 0.15) is 37.0 Å². The molecule has 0 aliphatic carbocycles. The number of carbonyl (C=O) groups is 3. The van der Waals surface area contributed by atoms with Gasteiger partial charge in [0.15, 0.2) is 0 Å². The number of methoxy groups -OCH3 is 1. The number of ether oxygens (including phenoxy) is 1. The van der Waals surface area contributed by atoms with Crippen LogP contribution in [-0.4, -0.2) is 59.1 Å². The van der Waals surface area contributed by atoms with Crippen LogP contribution >= 0.6 is 11.3 Å². The molecule has 2 aromatic heterocycles. The number of esters is 1. The first-order valence-electron chi connectivity index (χ1n) is 11.0. The summed E-state index contributed by atoms with van der Waals surface area (Å²) in [6.07, 6.45) is 0. The van der Waals surface area contributed by atoms with Crippen LogP contribution in [0.4, 0.5) is 10.3 Å². The molecule has 0 radical (unpaired) electrons. The fraction of sp³-hybridized carbons (Fsp3) is 0.240. The number of nitrogens with zero attached hydrogens (tertiary/aromatic N) is 2. The molecule has 2 amide bonds. The molecular formula is C25H24FN5O5S. The van der Waals surface area contributed by atoms with Crippen LogP contribution in [0.25, 0.3) is 0 Å². The summed E-state index contributed by atoms with van der Waals surface area (Å²) in [5.41, 5.74) is 1.18. The highest BCUT2D eigenvalue weighted by Gasteiger charge is 2.25. The van der Waals surface area contributed by atoms with Crippen LogP contribution < -0.4 is 16.0 Å². The zero-order valence-electron chi connectivity index (χ0n) is 20.2. The molecule has 0 saturated heterocycles. The Morgan fingerprint density at radius 2 is 1.89 bits per heavy atom. The van der Waals surface area contributed by atoms with Crippen molar-refractivity contribution in [3.05, 3.63) is 68.9 Å². The molecule has 12 heteroatoms. The minimum Gasteiger partial charge on any atom is -0.508 e. The molecule has 1 aromatic carbocycles. The first-order chi connectivity index (χ1) is 17.7. The van der Waals surface area contributed by atoms with Gasteiger partial charge in [-0.2, -0.15) is 0 Å². The summed E-state index contributed by atoms with van der Waals surface area (Å²) in [7, 11) is 1.18. The molecular weight excluding hydrogens is 501 g/mol. The first kappa shape index (κ1) is 27.1. The van der Waals surface area contributed by atoms with Crippen LogP contribution in [0.3, 0.4) is 0 Å². The van der Waals surface area contributed by atoms with E-state index >= 15 is 0 Å². The molecule has 3 rings (SSSR count). The van der Waals surface area contributed by atoms with Gasteiger partial charge in [0, 0.05) is 18.2 Å². The van der Waals surface area contributed by atoms with Crippen molar-refractivity contribution in [2.45, 2.75) is 19.9 Å². The van der Waals surface area contributed by atoms with Gasteiger partial charge < -0.3 is 25.8 Å². The molecule has 3 aromatic rings. The van der Waals surface area contributed by atoms with Crippen LogP contribution in [0.15, 0.2) is 35.7 Å². The molecule has 4 N–H and O–H groups in total. The summed E-state index contributed by atoms with van der Waals surface area (Å²) >= 11 is 1.25. The second kappa shape index (κ2) is 12.5. The van der Waals surface area contributed by atoms with Gasteiger partial charge in [-0.1, -0.05) is 17.9 Å². The largest absolute Gasteiger partial charge is 0.508 e. The highest BCUT2D eigenvalue weighted by atomic mass is 32.1. The van der Waals surface area contributed by atoms with Crippen molar-refractivity contribution in [1.29, 1.82) is 0 Å². The molecule has 0 unspecified atom stereocenters. The number of hydrogen-bond acceptors (Lipinski definition) is 9. The van der Waals surface area contributed by atoms with Gasteiger partial charge in [0.1, 0.15) is 17.6 Å². The lowest BCUT2D eigenvalue weighted by Crippen LogP contribution is -2.49. The second-order valence-corrected chi connectivity index (χ2v) is 8.63. The van der Waals surface area contributed by atoms with E-state index in [9.17, 15) is 23.9 Å². The molecule has 2 heterocycles. The zero-order chi connectivity index (χ0) is 26.9. The highest BCUT2D eigenvalue weighted by molar-refractivity contribution is 7.12. The number of nitrogens with one attached hydrogen (secondary N) is 3. The maximum atomic E-state index is 13.3. The number of carbonyl (C=O) groups excluding carboxylic acids is 3. The second-order valence-electron chi connectivity index (χ2n) is 7.68. The number of rotatable bonds is 8. The summed E-state index contributed by atoms with van der Waals surface area (Å²) in [5.74, 6) is 3.19. The third-order valence-electron chi connectivity index (χ3n) is 4.95. The number of benzene rings is 1. The molecule has 0 spiro atoms. The van der Waals surface area contributed by atoms with Crippen molar-refractivity contribution in [3.63, 3.8) is 0 Å². The summed E-state index contributed by atoms with van der Waals surface area (Å²) in [5, 5.41) is 19.3. The molecule has 37 heavy (non-hydrogen) atoms. The van der Waals surface area contributed by atoms with E-state index in [-0.39, 0.29) is 36.3 Å². The monoisotopic (exact) mass is 525 g/mol. The van der Waals surface area contributed by atoms with Gasteiger partial charge >= 0.3 is 5.97 Å². The number of amides is 2. The Hall–Kier alpha value is -4.50. The lowest BCUT2D eigenvalue weighted by molar-refractivity contribution is -0.142. The van der Waals surface area contributed by atoms with Crippen LogP contribution in [-0.2, 0) is 9.53 Å². The number of aryl methyl sites for hydroxylation is 2. The summed E-state index contributed by atoms with van der Waals surface area (Å²) in [6, 6.07) is 5.75. The van der Waals surface area contributed by atoms with E-state index in [0.717, 1.165) is 6.07 Å². The maximum Gasteiger partial charge on any atom is 0.330 e. The Morgan fingerprint density at radius 1 is 1.16 bits per heavy atom. The summed E-state index contributed by atoms with van der Waals surface area (Å²) in [6.45, 7) is 3.18. The Balaban J connectivity index is 1.65. The first-order valence-corrected chi connectivity index (χ1v) is 11.8. The number of halogens is 1. The zero-order valence-corrected chi connectivity index (χ0v) is 21.0. The van der Waals surface area contributed by atoms with Gasteiger partial charge in [-0.15, -0.1) is 11.3 Å².